The molecule has 0 saturated carbocycles. The van der Waals surface area contributed by atoms with Gasteiger partial charge in [0.2, 0.25) is 0 Å². The molecule has 0 bridgehead atoms. The van der Waals surface area contributed by atoms with Gasteiger partial charge in [0.05, 0.1) is 5.57 Å². The second kappa shape index (κ2) is 10.1. The van der Waals surface area contributed by atoms with E-state index in [0.29, 0.717) is 17.5 Å². The van der Waals surface area contributed by atoms with Gasteiger partial charge in [0, 0.05) is 16.1 Å². The Hall–Kier alpha value is -4.78. The van der Waals surface area contributed by atoms with Crippen molar-refractivity contribution in [2.24, 2.45) is 0 Å². The highest BCUT2D eigenvalue weighted by Gasteiger charge is 2.14. The number of hydrogen-bond acceptors (Lipinski definition) is 3. The van der Waals surface area contributed by atoms with Crippen molar-refractivity contribution in [2.75, 3.05) is 0 Å². The van der Waals surface area contributed by atoms with E-state index >= 15 is 0 Å². The maximum atomic E-state index is 6.23. The second-order valence-corrected chi connectivity index (χ2v) is 8.99. The highest BCUT2D eigenvalue weighted by Crippen LogP contribution is 2.30. The summed E-state index contributed by atoms with van der Waals surface area (Å²) in [6, 6.07) is 34.6. The smallest absolute Gasteiger partial charge is 0.172 e. The number of aromatic nitrogens is 3. The number of nitrogens with zero attached hydrogens (tertiary/aromatic N) is 3. The first kappa shape index (κ1) is 22.7. The van der Waals surface area contributed by atoms with E-state index in [1.165, 1.54) is 0 Å². The third-order valence-electron chi connectivity index (χ3n) is 6.03. The van der Waals surface area contributed by atoms with Crippen molar-refractivity contribution in [1.82, 2.24) is 15.0 Å². The van der Waals surface area contributed by atoms with Crippen LogP contribution in [-0.4, -0.2) is 15.0 Å². The van der Waals surface area contributed by atoms with E-state index in [1.807, 2.05) is 78.9 Å². The van der Waals surface area contributed by atoms with E-state index in [2.05, 4.69) is 53.9 Å². The first-order valence-corrected chi connectivity index (χ1v) is 12.3. The summed E-state index contributed by atoms with van der Waals surface area (Å²) in [5.74, 6) is 1.79. The van der Waals surface area contributed by atoms with Crippen molar-refractivity contribution in [3.8, 4) is 45.0 Å². The van der Waals surface area contributed by atoms with Crippen molar-refractivity contribution in [1.29, 1.82) is 0 Å². The minimum Gasteiger partial charge on any atom is -0.208 e. The Morgan fingerprint density at radius 1 is 0.514 bits per heavy atom. The number of rotatable bonds is 5. The lowest BCUT2D eigenvalue weighted by molar-refractivity contribution is 1.04. The third-order valence-corrected chi connectivity index (χ3v) is 6.27. The summed E-state index contributed by atoms with van der Waals surface area (Å²) in [5, 5.41) is 0.720. The number of halogens is 1. The summed E-state index contributed by atoms with van der Waals surface area (Å²) in [7, 11) is 0. The van der Waals surface area contributed by atoms with Crippen LogP contribution in [0.25, 0.3) is 50.6 Å². The Labute approximate surface area is 220 Å². The fraction of sp³-hybridized carbons (Fsp3) is 0. The molecule has 0 unspecified atom stereocenters. The molecule has 5 aromatic rings. The lowest BCUT2D eigenvalue weighted by atomic mass is 9.98. The second-order valence-electron chi connectivity index (χ2n) is 8.55. The summed E-state index contributed by atoms with van der Waals surface area (Å²) >= 11 is 6.23. The van der Waals surface area contributed by atoms with Gasteiger partial charge in [-0.05, 0) is 58.7 Å². The van der Waals surface area contributed by atoms with Crippen LogP contribution in [0.3, 0.4) is 0 Å². The Balaban J connectivity index is 1.45. The molecule has 174 valence electrons. The molecule has 0 radical (unpaired) electrons. The fourth-order valence-electron chi connectivity index (χ4n) is 4.21. The summed E-state index contributed by atoms with van der Waals surface area (Å²) in [6.07, 6.45) is 5.65. The lowest BCUT2D eigenvalue weighted by Gasteiger charge is -2.10. The number of allylic oxidation sites excluding steroid dienone is 4. The lowest BCUT2D eigenvalue weighted by Crippen LogP contribution is -2.02. The van der Waals surface area contributed by atoms with Crippen LogP contribution in [0.4, 0.5) is 0 Å². The summed E-state index contributed by atoms with van der Waals surface area (Å²) in [5.41, 5.74) is 13.1. The zero-order valence-corrected chi connectivity index (χ0v) is 20.5. The van der Waals surface area contributed by atoms with Crippen LogP contribution in [0.1, 0.15) is 5.82 Å². The van der Waals surface area contributed by atoms with Gasteiger partial charge >= 0.3 is 0 Å². The highest BCUT2D eigenvalue weighted by atomic mass is 35.5. The van der Waals surface area contributed by atoms with Crippen molar-refractivity contribution >= 4 is 17.2 Å². The molecule has 6 rings (SSSR count). The van der Waals surface area contributed by atoms with Crippen LogP contribution in [0, 0.1) is 0 Å². The Morgan fingerprint density at radius 2 is 1.05 bits per heavy atom. The van der Waals surface area contributed by atoms with Gasteiger partial charge in [-0.3, -0.25) is 0 Å². The zero-order valence-electron chi connectivity index (χ0n) is 19.8. The average Bonchev–Trinajstić information content (AvgIpc) is 2.98. The van der Waals surface area contributed by atoms with Crippen molar-refractivity contribution in [2.45, 2.75) is 0 Å². The molecule has 1 aromatic heterocycles. The molecular formula is C33H20ClN3. The van der Waals surface area contributed by atoms with E-state index in [0.717, 1.165) is 44.0 Å². The summed E-state index contributed by atoms with van der Waals surface area (Å²) < 4.78 is 0. The minimum absolute atomic E-state index is 0.564. The van der Waals surface area contributed by atoms with Crippen LogP contribution in [0.15, 0.2) is 133 Å². The van der Waals surface area contributed by atoms with Gasteiger partial charge in [-0.15, -0.1) is 0 Å². The molecule has 0 saturated heterocycles. The standard InChI is InChI=1S/C33H20ClN3/c34-30-19-9-17-28(22-30)26-15-7-14-25(20-26)27-16-8-18-29(21-27)33-36-31(23-10-3-1-4-11-23)35-32(37-33)24-12-5-2-6-13-24/h1-5,7-12,14-22H. The average molecular weight is 494 g/mol. The van der Waals surface area contributed by atoms with E-state index in [-0.39, 0.29) is 0 Å². The monoisotopic (exact) mass is 493 g/mol. The SMILES string of the molecule is Clc1cccc(-c2cccc(-c3cccc(-c4nc(C5=C=C=CC=C5)nc(-c5ccccc5)n4)c3)c2)c1. The quantitative estimate of drug-likeness (QED) is 0.230. The molecule has 0 amide bonds. The van der Waals surface area contributed by atoms with Gasteiger partial charge in [-0.2, -0.15) is 0 Å². The molecule has 4 aromatic carbocycles. The number of benzene rings is 4. The van der Waals surface area contributed by atoms with Crippen LogP contribution >= 0.6 is 11.6 Å². The summed E-state index contributed by atoms with van der Waals surface area (Å²) in [6.45, 7) is 0. The molecule has 1 aliphatic rings. The summed E-state index contributed by atoms with van der Waals surface area (Å²) in [4.78, 5) is 14.4. The van der Waals surface area contributed by atoms with E-state index < -0.39 is 0 Å². The van der Waals surface area contributed by atoms with Crippen LogP contribution in [0.5, 0.6) is 0 Å². The van der Waals surface area contributed by atoms with Gasteiger partial charge in [0.25, 0.3) is 0 Å². The minimum atomic E-state index is 0.564. The molecule has 4 heteroatoms. The Bertz CT molecular complexity index is 1760. The topological polar surface area (TPSA) is 38.7 Å². The van der Waals surface area contributed by atoms with Crippen molar-refractivity contribution in [3.63, 3.8) is 0 Å². The Kier molecular flexibility index (Phi) is 6.17. The van der Waals surface area contributed by atoms with Gasteiger partial charge in [0.15, 0.2) is 17.5 Å². The van der Waals surface area contributed by atoms with Crippen molar-refractivity contribution < 1.29 is 0 Å². The maximum Gasteiger partial charge on any atom is 0.172 e. The van der Waals surface area contributed by atoms with E-state index in [9.17, 15) is 0 Å². The Morgan fingerprint density at radius 3 is 1.70 bits per heavy atom. The molecule has 0 spiro atoms. The molecule has 37 heavy (non-hydrogen) atoms. The first-order valence-electron chi connectivity index (χ1n) is 11.9. The van der Waals surface area contributed by atoms with Crippen LogP contribution in [0.2, 0.25) is 5.02 Å². The van der Waals surface area contributed by atoms with Gasteiger partial charge in [-0.25, -0.2) is 15.0 Å². The normalized spacial score (nSPS) is 12.0. The largest absolute Gasteiger partial charge is 0.208 e. The molecule has 0 aliphatic heterocycles. The predicted octanol–water partition coefficient (Wildman–Crippen LogP) is 8.46. The zero-order chi connectivity index (χ0) is 25.0. The molecular weight excluding hydrogens is 474 g/mol. The molecule has 1 heterocycles. The van der Waals surface area contributed by atoms with Gasteiger partial charge in [0.1, 0.15) is 0 Å². The molecule has 0 fully saturated rings. The van der Waals surface area contributed by atoms with Crippen LogP contribution in [-0.2, 0) is 0 Å². The molecule has 0 atom stereocenters. The predicted molar refractivity (Wildman–Crippen MR) is 151 cm³/mol. The first-order chi connectivity index (χ1) is 18.2. The maximum absolute atomic E-state index is 6.23. The molecule has 1 aliphatic carbocycles. The number of hydrogen-bond donors (Lipinski definition) is 0. The van der Waals surface area contributed by atoms with Gasteiger partial charge in [-0.1, -0.05) is 108 Å². The highest BCUT2D eigenvalue weighted by molar-refractivity contribution is 6.30. The van der Waals surface area contributed by atoms with E-state index in [1.54, 1.807) is 0 Å². The molecule has 0 N–H and O–H groups in total. The third kappa shape index (κ3) is 4.97. The van der Waals surface area contributed by atoms with Crippen molar-refractivity contribution in [3.05, 3.63) is 144 Å². The van der Waals surface area contributed by atoms with Crippen LogP contribution < -0.4 is 0 Å². The molecule has 3 nitrogen and oxygen atoms in total. The van der Waals surface area contributed by atoms with Gasteiger partial charge < -0.3 is 0 Å². The van der Waals surface area contributed by atoms with E-state index in [4.69, 9.17) is 26.6 Å². The fourth-order valence-corrected chi connectivity index (χ4v) is 4.40.